The normalized spacial score (nSPS) is 19.3. The molecule has 2 amide bonds. The molecule has 210 valence electrons. The molecule has 0 bridgehead atoms. The Morgan fingerprint density at radius 3 is 2.17 bits per heavy atom. The highest BCUT2D eigenvalue weighted by Crippen LogP contribution is 2.29. The van der Waals surface area contributed by atoms with Crippen LogP contribution in [0.4, 0.5) is 0 Å². The van der Waals surface area contributed by atoms with Crippen LogP contribution in [0.5, 0.6) is 5.75 Å². The van der Waals surface area contributed by atoms with Gasteiger partial charge in [0.15, 0.2) is 0 Å². The summed E-state index contributed by atoms with van der Waals surface area (Å²) in [5.74, 6) is 0.0539. The number of Topliss-reactive ketones (excluding diaryl/α,β-unsaturated/α-hetero) is 1. The maximum absolute atomic E-state index is 13.4. The lowest BCUT2D eigenvalue weighted by Gasteiger charge is -2.33. The summed E-state index contributed by atoms with van der Waals surface area (Å²) in [4.78, 5) is 39.3. The Hall–Kier alpha value is -3.97. The highest BCUT2D eigenvalue weighted by Gasteiger charge is 2.30. The van der Waals surface area contributed by atoms with Gasteiger partial charge >= 0.3 is 0 Å². The Kier molecular flexibility index (Phi) is 10.1. The largest absolute Gasteiger partial charge is 0.489 e. The second-order valence-corrected chi connectivity index (χ2v) is 10.9. The molecular formula is C33H39N3O4. The van der Waals surface area contributed by atoms with Gasteiger partial charge in [-0.1, -0.05) is 80.6 Å². The second kappa shape index (κ2) is 13.9. The van der Waals surface area contributed by atoms with Crippen LogP contribution < -0.4 is 21.1 Å². The third-order valence-corrected chi connectivity index (χ3v) is 7.84. The number of hydrogen-bond acceptors (Lipinski definition) is 5. The van der Waals surface area contributed by atoms with Gasteiger partial charge in [0.05, 0.1) is 0 Å². The number of ketones is 1. The van der Waals surface area contributed by atoms with Crippen molar-refractivity contribution in [3.8, 4) is 5.75 Å². The Morgan fingerprint density at radius 1 is 0.850 bits per heavy atom. The molecule has 0 spiro atoms. The van der Waals surface area contributed by atoms with Gasteiger partial charge in [-0.25, -0.2) is 0 Å². The predicted octanol–water partition coefficient (Wildman–Crippen LogP) is 4.58. The molecule has 7 heteroatoms. The standard InChI is InChI=1S/C33H39N3O4/c1-22-8-15-28(18-23(22)2)35-32(38)30(36-33(39)31(37)27-13-9-25(20-34)10-14-27)19-24-11-16-29(17-12-24)40-21-26-6-4-3-5-7-26/h3-7,9-14,16-17,22-23,28,30H,8,15,18-21,34H2,1-2H3,(H,35,38)(H,36,39)/t22?,23?,28?,30-/m0/s1. The Morgan fingerprint density at radius 2 is 1.52 bits per heavy atom. The minimum atomic E-state index is -0.898. The molecule has 3 aromatic rings. The van der Waals surface area contributed by atoms with Gasteiger partial charge in [-0.2, -0.15) is 0 Å². The second-order valence-electron chi connectivity index (χ2n) is 10.9. The van der Waals surface area contributed by atoms with Crippen LogP contribution in [0.25, 0.3) is 0 Å². The molecule has 0 aliphatic heterocycles. The molecule has 7 nitrogen and oxygen atoms in total. The molecule has 0 aromatic heterocycles. The van der Waals surface area contributed by atoms with Crippen molar-refractivity contribution in [1.29, 1.82) is 0 Å². The third-order valence-electron chi connectivity index (χ3n) is 7.84. The fourth-order valence-electron chi connectivity index (χ4n) is 5.04. The molecule has 1 fully saturated rings. The molecular weight excluding hydrogens is 502 g/mol. The molecule has 0 saturated heterocycles. The third kappa shape index (κ3) is 8.02. The average Bonchev–Trinajstić information content (AvgIpc) is 2.98. The van der Waals surface area contributed by atoms with Crippen molar-refractivity contribution < 1.29 is 19.1 Å². The molecule has 1 saturated carbocycles. The first-order chi connectivity index (χ1) is 19.3. The quantitative estimate of drug-likeness (QED) is 0.243. The van der Waals surface area contributed by atoms with Crippen LogP contribution in [0, 0.1) is 11.8 Å². The Balaban J connectivity index is 1.44. The van der Waals surface area contributed by atoms with Gasteiger partial charge in [0, 0.05) is 24.6 Å². The number of benzene rings is 3. The predicted molar refractivity (Wildman–Crippen MR) is 156 cm³/mol. The molecule has 3 aromatic carbocycles. The van der Waals surface area contributed by atoms with Gasteiger partial charge in [-0.05, 0) is 59.9 Å². The highest BCUT2D eigenvalue weighted by molar-refractivity contribution is 6.43. The van der Waals surface area contributed by atoms with Gasteiger partial charge in [-0.15, -0.1) is 0 Å². The molecule has 1 aliphatic rings. The van der Waals surface area contributed by atoms with E-state index in [1.54, 1.807) is 24.3 Å². The molecule has 4 atom stereocenters. The zero-order chi connectivity index (χ0) is 28.5. The topological polar surface area (TPSA) is 111 Å². The summed E-state index contributed by atoms with van der Waals surface area (Å²) in [7, 11) is 0. The first-order valence-corrected chi connectivity index (χ1v) is 14.0. The lowest BCUT2D eigenvalue weighted by Crippen LogP contribution is -2.53. The number of carbonyl (C=O) groups excluding carboxylic acids is 3. The van der Waals surface area contributed by atoms with Gasteiger partial charge in [0.25, 0.3) is 5.91 Å². The number of rotatable bonds is 11. The van der Waals surface area contributed by atoms with E-state index in [1.807, 2.05) is 54.6 Å². The van der Waals surface area contributed by atoms with Crippen LogP contribution in [0.3, 0.4) is 0 Å². The summed E-state index contributed by atoms with van der Waals surface area (Å²) in [6.07, 6.45) is 3.09. The monoisotopic (exact) mass is 541 g/mol. The number of ether oxygens (including phenoxy) is 1. The van der Waals surface area contributed by atoms with E-state index in [0.717, 1.165) is 36.0 Å². The molecule has 4 rings (SSSR count). The fourth-order valence-corrected chi connectivity index (χ4v) is 5.04. The van der Waals surface area contributed by atoms with E-state index in [-0.39, 0.29) is 23.9 Å². The van der Waals surface area contributed by atoms with Crippen molar-refractivity contribution in [3.05, 3.63) is 101 Å². The molecule has 0 heterocycles. The van der Waals surface area contributed by atoms with E-state index < -0.39 is 17.7 Å². The van der Waals surface area contributed by atoms with Gasteiger partial charge in [0.2, 0.25) is 11.7 Å². The Bertz CT molecular complexity index is 1280. The number of nitrogens with two attached hydrogens (primary N) is 1. The van der Waals surface area contributed by atoms with E-state index in [2.05, 4.69) is 24.5 Å². The minimum absolute atomic E-state index is 0.0476. The first-order valence-electron chi connectivity index (χ1n) is 14.0. The van der Waals surface area contributed by atoms with Crippen LogP contribution in [0.1, 0.15) is 60.2 Å². The van der Waals surface area contributed by atoms with Gasteiger partial charge in [0.1, 0.15) is 18.4 Å². The van der Waals surface area contributed by atoms with Crippen molar-refractivity contribution in [2.75, 3.05) is 0 Å². The number of hydrogen-bond donors (Lipinski definition) is 3. The zero-order valence-electron chi connectivity index (χ0n) is 23.3. The Labute approximate surface area is 236 Å². The van der Waals surface area contributed by atoms with Crippen molar-refractivity contribution in [3.63, 3.8) is 0 Å². The van der Waals surface area contributed by atoms with Crippen LogP contribution in [-0.2, 0) is 29.2 Å². The van der Waals surface area contributed by atoms with E-state index >= 15 is 0 Å². The molecule has 3 unspecified atom stereocenters. The summed E-state index contributed by atoms with van der Waals surface area (Å²) < 4.78 is 5.88. The molecule has 0 radical (unpaired) electrons. The van der Waals surface area contributed by atoms with Crippen molar-refractivity contribution in [1.82, 2.24) is 10.6 Å². The van der Waals surface area contributed by atoms with Crippen LogP contribution in [0.2, 0.25) is 0 Å². The number of amides is 2. The lowest BCUT2D eigenvalue weighted by molar-refractivity contribution is -0.128. The highest BCUT2D eigenvalue weighted by atomic mass is 16.5. The lowest BCUT2D eigenvalue weighted by atomic mass is 9.79. The fraction of sp³-hybridized carbons (Fsp3) is 0.364. The maximum Gasteiger partial charge on any atom is 0.293 e. The van der Waals surface area contributed by atoms with Gasteiger partial charge < -0.3 is 21.1 Å². The van der Waals surface area contributed by atoms with E-state index in [9.17, 15) is 14.4 Å². The minimum Gasteiger partial charge on any atom is -0.489 e. The number of carbonyl (C=O) groups is 3. The summed E-state index contributed by atoms with van der Waals surface area (Å²) in [5, 5.41) is 5.84. The summed E-state index contributed by atoms with van der Waals surface area (Å²) >= 11 is 0. The number of nitrogens with one attached hydrogen (secondary N) is 2. The average molecular weight is 542 g/mol. The van der Waals surface area contributed by atoms with Crippen molar-refractivity contribution in [2.24, 2.45) is 17.6 Å². The van der Waals surface area contributed by atoms with Gasteiger partial charge in [-0.3, -0.25) is 14.4 Å². The smallest absolute Gasteiger partial charge is 0.293 e. The van der Waals surface area contributed by atoms with Crippen molar-refractivity contribution in [2.45, 2.75) is 64.8 Å². The van der Waals surface area contributed by atoms with Crippen LogP contribution in [-0.4, -0.2) is 29.7 Å². The van der Waals surface area contributed by atoms with Crippen LogP contribution >= 0.6 is 0 Å². The van der Waals surface area contributed by atoms with E-state index in [4.69, 9.17) is 10.5 Å². The first kappa shape index (κ1) is 29.0. The van der Waals surface area contributed by atoms with E-state index in [1.165, 1.54) is 0 Å². The molecule has 40 heavy (non-hydrogen) atoms. The van der Waals surface area contributed by atoms with E-state index in [0.29, 0.717) is 30.7 Å². The SMILES string of the molecule is CC1CCC(NC(=O)[C@H](Cc2ccc(OCc3ccccc3)cc2)NC(=O)C(=O)c2ccc(CN)cc2)CC1C. The summed E-state index contributed by atoms with van der Waals surface area (Å²) in [5.41, 5.74) is 8.67. The van der Waals surface area contributed by atoms with Crippen molar-refractivity contribution >= 4 is 17.6 Å². The summed E-state index contributed by atoms with van der Waals surface area (Å²) in [6, 6.07) is 23.1. The van der Waals surface area contributed by atoms with Crippen LogP contribution in [0.15, 0.2) is 78.9 Å². The maximum atomic E-state index is 13.4. The molecule has 1 aliphatic carbocycles. The summed E-state index contributed by atoms with van der Waals surface area (Å²) in [6.45, 7) is 5.24. The molecule has 4 N–H and O–H groups in total. The zero-order valence-corrected chi connectivity index (χ0v) is 23.3.